The lowest BCUT2D eigenvalue weighted by molar-refractivity contribution is 0.775. The molecule has 5 nitrogen and oxygen atoms in total. The van der Waals surface area contributed by atoms with Gasteiger partial charge in [0.1, 0.15) is 17.5 Å². The molecular formula is C16H23N5. The summed E-state index contributed by atoms with van der Waals surface area (Å²) in [6, 6.07) is 10.4. The quantitative estimate of drug-likeness (QED) is 0.562. The molecule has 4 N–H and O–H groups in total. The number of anilines is 2. The summed E-state index contributed by atoms with van der Waals surface area (Å²) < 4.78 is 0. The van der Waals surface area contributed by atoms with E-state index < -0.39 is 0 Å². The molecule has 2 rings (SSSR count). The minimum atomic E-state index is 0.252. The van der Waals surface area contributed by atoms with Gasteiger partial charge in [0.05, 0.1) is 0 Å². The number of nitrogens with zero attached hydrogens (tertiary/aromatic N) is 2. The summed E-state index contributed by atoms with van der Waals surface area (Å²) >= 11 is 0. The van der Waals surface area contributed by atoms with E-state index in [2.05, 4.69) is 65.7 Å². The Bertz CT molecular complexity index is 578. The van der Waals surface area contributed by atoms with E-state index in [1.165, 1.54) is 11.1 Å². The SMILES string of the molecule is CCc1ccc(CNc2cc(NN)nc(C(C)C)n2)cc1. The summed E-state index contributed by atoms with van der Waals surface area (Å²) in [6.07, 6.45) is 1.06. The molecule has 0 aliphatic rings. The van der Waals surface area contributed by atoms with Gasteiger partial charge in [0.25, 0.3) is 0 Å². The van der Waals surface area contributed by atoms with Gasteiger partial charge in [-0.1, -0.05) is 45.0 Å². The van der Waals surface area contributed by atoms with Crippen molar-refractivity contribution in [3.05, 3.63) is 47.3 Å². The first-order valence-corrected chi connectivity index (χ1v) is 7.29. The molecule has 0 saturated carbocycles. The number of hydrazine groups is 1. The molecule has 5 heteroatoms. The van der Waals surface area contributed by atoms with Gasteiger partial charge < -0.3 is 10.7 Å². The van der Waals surface area contributed by atoms with Crippen molar-refractivity contribution in [2.24, 2.45) is 5.84 Å². The Labute approximate surface area is 126 Å². The fourth-order valence-corrected chi connectivity index (χ4v) is 1.97. The highest BCUT2D eigenvalue weighted by atomic mass is 15.3. The van der Waals surface area contributed by atoms with Gasteiger partial charge in [-0.05, 0) is 17.5 Å². The highest BCUT2D eigenvalue weighted by Crippen LogP contribution is 2.17. The minimum Gasteiger partial charge on any atom is -0.366 e. The topological polar surface area (TPSA) is 75.9 Å². The Kier molecular flexibility index (Phi) is 5.11. The zero-order chi connectivity index (χ0) is 15.2. The summed E-state index contributed by atoms with van der Waals surface area (Å²) in [5.74, 6) is 7.89. The molecule has 0 saturated heterocycles. The van der Waals surface area contributed by atoms with E-state index in [1.54, 1.807) is 0 Å². The van der Waals surface area contributed by atoms with Gasteiger partial charge in [-0.3, -0.25) is 0 Å². The predicted molar refractivity (Wildman–Crippen MR) is 87.1 cm³/mol. The first-order valence-electron chi connectivity index (χ1n) is 7.29. The van der Waals surface area contributed by atoms with E-state index in [4.69, 9.17) is 5.84 Å². The fraction of sp³-hybridized carbons (Fsp3) is 0.375. The highest BCUT2D eigenvalue weighted by Gasteiger charge is 2.07. The molecule has 112 valence electrons. The van der Waals surface area contributed by atoms with Crippen LogP contribution < -0.4 is 16.6 Å². The third kappa shape index (κ3) is 4.16. The van der Waals surface area contributed by atoms with Gasteiger partial charge in [-0.15, -0.1) is 0 Å². The van der Waals surface area contributed by atoms with Crippen LogP contribution in [0.3, 0.4) is 0 Å². The van der Waals surface area contributed by atoms with E-state index >= 15 is 0 Å². The van der Waals surface area contributed by atoms with Crippen LogP contribution in [0.5, 0.6) is 0 Å². The van der Waals surface area contributed by atoms with E-state index in [0.717, 1.165) is 24.6 Å². The summed E-state index contributed by atoms with van der Waals surface area (Å²) in [6.45, 7) is 7.00. The number of rotatable bonds is 6. The van der Waals surface area contributed by atoms with E-state index in [1.807, 2.05) is 6.07 Å². The maximum atomic E-state index is 5.46. The molecule has 0 amide bonds. The average Bonchev–Trinajstić information content (AvgIpc) is 2.53. The second-order valence-electron chi connectivity index (χ2n) is 5.32. The molecule has 0 atom stereocenters. The molecule has 0 unspecified atom stereocenters. The van der Waals surface area contributed by atoms with Crippen molar-refractivity contribution in [2.75, 3.05) is 10.7 Å². The third-order valence-electron chi connectivity index (χ3n) is 3.31. The van der Waals surface area contributed by atoms with Crippen LogP contribution in [0.4, 0.5) is 11.6 Å². The number of benzene rings is 1. The maximum Gasteiger partial charge on any atom is 0.145 e. The zero-order valence-corrected chi connectivity index (χ0v) is 12.9. The van der Waals surface area contributed by atoms with Crippen LogP contribution >= 0.6 is 0 Å². The van der Waals surface area contributed by atoms with Crippen molar-refractivity contribution in [3.63, 3.8) is 0 Å². The Morgan fingerprint density at radius 1 is 1.05 bits per heavy atom. The Hall–Kier alpha value is -2.14. The van der Waals surface area contributed by atoms with Crippen LogP contribution in [-0.2, 0) is 13.0 Å². The summed E-state index contributed by atoms with van der Waals surface area (Å²) in [7, 11) is 0. The molecule has 0 aliphatic heterocycles. The van der Waals surface area contributed by atoms with Gasteiger partial charge in [-0.2, -0.15) is 0 Å². The van der Waals surface area contributed by atoms with Crippen molar-refractivity contribution in [2.45, 2.75) is 39.7 Å². The largest absolute Gasteiger partial charge is 0.366 e. The van der Waals surface area contributed by atoms with Crippen LogP contribution in [0.2, 0.25) is 0 Å². The first-order chi connectivity index (χ1) is 10.1. The average molecular weight is 285 g/mol. The molecule has 0 fully saturated rings. The van der Waals surface area contributed by atoms with Crippen LogP contribution in [0.1, 0.15) is 43.6 Å². The van der Waals surface area contributed by atoms with Crippen LogP contribution in [0, 0.1) is 0 Å². The van der Waals surface area contributed by atoms with Gasteiger partial charge in [-0.25, -0.2) is 15.8 Å². The summed E-state index contributed by atoms with van der Waals surface area (Å²) in [5.41, 5.74) is 5.15. The Balaban J connectivity index is 2.09. The Morgan fingerprint density at radius 2 is 1.67 bits per heavy atom. The number of aromatic nitrogens is 2. The van der Waals surface area contributed by atoms with E-state index in [-0.39, 0.29) is 5.92 Å². The lowest BCUT2D eigenvalue weighted by atomic mass is 10.1. The molecule has 1 aromatic heterocycles. The fourth-order valence-electron chi connectivity index (χ4n) is 1.97. The number of hydrogen-bond donors (Lipinski definition) is 3. The summed E-state index contributed by atoms with van der Waals surface area (Å²) in [5, 5.41) is 3.32. The number of nitrogen functional groups attached to an aromatic ring is 1. The van der Waals surface area contributed by atoms with Gasteiger partial charge in [0.15, 0.2) is 0 Å². The smallest absolute Gasteiger partial charge is 0.145 e. The van der Waals surface area contributed by atoms with Crippen molar-refractivity contribution in [1.82, 2.24) is 9.97 Å². The standard InChI is InChI=1S/C16H23N5/c1-4-12-5-7-13(8-6-12)10-18-14-9-15(21-17)20-16(19-14)11(2)3/h5-9,11H,4,10,17H2,1-3H3,(H2,18,19,20,21). The second-order valence-corrected chi connectivity index (χ2v) is 5.32. The molecule has 21 heavy (non-hydrogen) atoms. The number of nitrogens with two attached hydrogens (primary N) is 1. The monoisotopic (exact) mass is 285 g/mol. The first kappa shape index (κ1) is 15.3. The van der Waals surface area contributed by atoms with Crippen molar-refractivity contribution < 1.29 is 0 Å². The third-order valence-corrected chi connectivity index (χ3v) is 3.31. The molecule has 0 bridgehead atoms. The van der Waals surface area contributed by atoms with Crippen molar-refractivity contribution >= 4 is 11.6 Å². The predicted octanol–water partition coefficient (Wildman–Crippen LogP) is 3.06. The second kappa shape index (κ2) is 7.04. The molecule has 0 aliphatic carbocycles. The lowest BCUT2D eigenvalue weighted by Gasteiger charge is -2.11. The van der Waals surface area contributed by atoms with E-state index in [0.29, 0.717) is 5.82 Å². The van der Waals surface area contributed by atoms with Crippen molar-refractivity contribution in [3.8, 4) is 0 Å². The maximum absolute atomic E-state index is 5.46. The molecule has 1 heterocycles. The molecule has 0 radical (unpaired) electrons. The molecule has 0 spiro atoms. The highest BCUT2D eigenvalue weighted by molar-refractivity contribution is 5.47. The molecular weight excluding hydrogens is 262 g/mol. The lowest BCUT2D eigenvalue weighted by Crippen LogP contribution is -2.13. The van der Waals surface area contributed by atoms with Crippen LogP contribution in [0.25, 0.3) is 0 Å². The zero-order valence-electron chi connectivity index (χ0n) is 12.9. The number of nitrogens with one attached hydrogen (secondary N) is 2. The minimum absolute atomic E-state index is 0.252. The van der Waals surface area contributed by atoms with Crippen LogP contribution in [-0.4, -0.2) is 9.97 Å². The summed E-state index contributed by atoms with van der Waals surface area (Å²) in [4.78, 5) is 8.85. The van der Waals surface area contributed by atoms with Gasteiger partial charge in [0.2, 0.25) is 0 Å². The Morgan fingerprint density at radius 3 is 2.24 bits per heavy atom. The molecule has 1 aromatic carbocycles. The normalized spacial score (nSPS) is 10.7. The van der Waals surface area contributed by atoms with Crippen molar-refractivity contribution in [1.29, 1.82) is 0 Å². The van der Waals surface area contributed by atoms with Gasteiger partial charge >= 0.3 is 0 Å². The number of hydrogen-bond acceptors (Lipinski definition) is 5. The van der Waals surface area contributed by atoms with Gasteiger partial charge in [0, 0.05) is 18.5 Å². The number of aryl methyl sites for hydroxylation is 1. The molecule has 2 aromatic rings. The van der Waals surface area contributed by atoms with Crippen LogP contribution in [0.15, 0.2) is 30.3 Å². The van der Waals surface area contributed by atoms with E-state index in [9.17, 15) is 0 Å².